The van der Waals surface area contributed by atoms with Gasteiger partial charge in [0.05, 0.1) is 27.2 Å². The number of rotatable bonds is 3. The molecule has 0 aliphatic heterocycles. The number of benzene rings is 2. The number of carbonyl (C=O) groups is 3. The van der Waals surface area contributed by atoms with Crippen molar-refractivity contribution < 1.29 is 19.1 Å². The zero-order valence-electron chi connectivity index (χ0n) is 16.5. The molecule has 0 atom stereocenters. The molecule has 0 unspecified atom stereocenters. The van der Waals surface area contributed by atoms with Crippen molar-refractivity contribution in [2.45, 2.75) is 6.61 Å². The highest BCUT2D eigenvalue weighted by molar-refractivity contribution is 6.41. The molecule has 0 saturated heterocycles. The number of hydrogen-bond acceptors (Lipinski definition) is 5. The molecular weight excluding hydrogens is 428 g/mol. The van der Waals surface area contributed by atoms with Gasteiger partial charge in [-0.1, -0.05) is 41.9 Å². The van der Waals surface area contributed by atoms with Crippen LogP contribution in [0.2, 0.25) is 5.02 Å². The Labute approximate surface area is 187 Å². The Morgan fingerprint density at radius 2 is 1.69 bits per heavy atom. The maximum absolute atomic E-state index is 13.0. The number of carbonyl (C=O) groups excluding carboxylic acids is 3. The van der Waals surface area contributed by atoms with Gasteiger partial charge >= 0.3 is 5.97 Å². The van der Waals surface area contributed by atoms with Crippen molar-refractivity contribution in [3.63, 3.8) is 0 Å². The van der Waals surface area contributed by atoms with Crippen LogP contribution in [0.1, 0.15) is 53.3 Å². The topological polar surface area (TPSA) is 88.6 Å². The van der Waals surface area contributed by atoms with E-state index in [4.69, 9.17) is 16.3 Å². The Bertz CT molecular complexity index is 1510. The summed E-state index contributed by atoms with van der Waals surface area (Å²) in [5.74, 6) is -1.49. The third-order valence-corrected chi connectivity index (χ3v) is 5.88. The fourth-order valence-electron chi connectivity index (χ4n) is 3.94. The van der Waals surface area contributed by atoms with Crippen molar-refractivity contribution in [2.75, 3.05) is 0 Å². The maximum Gasteiger partial charge on any atom is 0.340 e. The molecule has 5 rings (SSSR count). The molecule has 0 spiro atoms. The van der Waals surface area contributed by atoms with E-state index in [0.717, 1.165) is 0 Å². The van der Waals surface area contributed by atoms with Crippen LogP contribution in [0.4, 0.5) is 0 Å². The molecule has 0 bridgehead atoms. The molecule has 32 heavy (non-hydrogen) atoms. The van der Waals surface area contributed by atoms with Crippen LogP contribution >= 0.6 is 11.6 Å². The van der Waals surface area contributed by atoms with Gasteiger partial charge in [0, 0.05) is 34.6 Å². The first-order valence-corrected chi connectivity index (χ1v) is 10.1. The van der Waals surface area contributed by atoms with Crippen LogP contribution in [0.25, 0.3) is 5.52 Å². The largest absolute Gasteiger partial charge is 0.457 e. The molecule has 1 aliphatic carbocycles. The van der Waals surface area contributed by atoms with Crippen molar-refractivity contribution in [1.29, 1.82) is 5.26 Å². The number of hydrogen-bond donors (Lipinski definition) is 0. The number of pyridine rings is 1. The predicted octanol–water partition coefficient (Wildman–Crippen LogP) is 4.60. The van der Waals surface area contributed by atoms with E-state index in [2.05, 4.69) is 6.07 Å². The Morgan fingerprint density at radius 1 is 0.969 bits per heavy atom. The molecule has 0 radical (unpaired) electrons. The molecule has 154 valence electrons. The van der Waals surface area contributed by atoms with E-state index in [1.165, 1.54) is 12.1 Å². The minimum Gasteiger partial charge on any atom is -0.457 e. The molecule has 1 aliphatic rings. The number of halogens is 1. The molecule has 0 N–H and O–H groups in total. The third-order valence-electron chi connectivity index (χ3n) is 5.48. The lowest BCUT2D eigenvalue weighted by Crippen LogP contribution is -2.22. The first-order chi connectivity index (χ1) is 15.5. The predicted molar refractivity (Wildman–Crippen MR) is 116 cm³/mol. The first kappa shape index (κ1) is 19.7. The zero-order valence-corrected chi connectivity index (χ0v) is 17.2. The van der Waals surface area contributed by atoms with Crippen molar-refractivity contribution in [3.05, 3.63) is 111 Å². The second-order valence-corrected chi connectivity index (χ2v) is 7.64. The lowest BCUT2D eigenvalue weighted by Gasteiger charge is -2.19. The van der Waals surface area contributed by atoms with Crippen molar-refractivity contribution >= 4 is 34.7 Å². The number of nitrogens with zero attached hydrogens (tertiary/aromatic N) is 2. The summed E-state index contributed by atoms with van der Waals surface area (Å²) in [6, 6.07) is 16.9. The fourth-order valence-corrected chi connectivity index (χ4v) is 4.27. The minimum absolute atomic E-state index is 0.00265. The van der Waals surface area contributed by atoms with Crippen LogP contribution in [-0.2, 0) is 11.3 Å². The molecule has 0 fully saturated rings. The molecule has 2 heterocycles. The summed E-state index contributed by atoms with van der Waals surface area (Å²) in [4.78, 5) is 38.6. The van der Waals surface area contributed by atoms with Gasteiger partial charge in [-0.15, -0.1) is 0 Å². The third kappa shape index (κ3) is 2.91. The fraction of sp³-hybridized carbons (Fsp3) is 0.0400. The van der Waals surface area contributed by atoms with E-state index in [1.807, 2.05) is 12.1 Å². The van der Waals surface area contributed by atoms with E-state index in [-0.39, 0.29) is 39.7 Å². The highest BCUT2D eigenvalue weighted by Gasteiger charge is 2.33. The van der Waals surface area contributed by atoms with Crippen molar-refractivity contribution in [3.8, 4) is 6.07 Å². The number of fused-ring (bicyclic) bond motifs is 3. The minimum atomic E-state index is -0.754. The van der Waals surface area contributed by atoms with Crippen LogP contribution in [0.3, 0.4) is 0 Å². The second-order valence-electron chi connectivity index (χ2n) is 7.26. The zero-order chi connectivity index (χ0) is 22.4. The molecule has 6 nitrogen and oxygen atoms in total. The number of ketones is 2. The van der Waals surface area contributed by atoms with Gasteiger partial charge in [-0.05, 0) is 24.3 Å². The van der Waals surface area contributed by atoms with E-state index in [9.17, 15) is 19.6 Å². The number of ether oxygens (including phenoxy) is 1. The van der Waals surface area contributed by atoms with Gasteiger partial charge in [0.15, 0.2) is 11.6 Å². The summed E-state index contributed by atoms with van der Waals surface area (Å²) in [7, 11) is 0. The van der Waals surface area contributed by atoms with E-state index < -0.39 is 11.8 Å². The van der Waals surface area contributed by atoms with Gasteiger partial charge in [-0.25, -0.2) is 4.79 Å². The van der Waals surface area contributed by atoms with E-state index in [0.29, 0.717) is 22.2 Å². The van der Waals surface area contributed by atoms with Gasteiger partial charge in [-0.3, -0.25) is 9.59 Å². The maximum atomic E-state index is 13.0. The normalized spacial score (nSPS) is 12.2. The Morgan fingerprint density at radius 3 is 2.44 bits per heavy atom. The Hall–Kier alpha value is -4.21. The summed E-state index contributed by atoms with van der Waals surface area (Å²) in [6.45, 7) is -0.146. The van der Waals surface area contributed by atoms with Crippen LogP contribution in [-0.4, -0.2) is 21.9 Å². The van der Waals surface area contributed by atoms with E-state index in [1.54, 1.807) is 47.1 Å². The summed E-state index contributed by atoms with van der Waals surface area (Å²) < 4.78 is 7.18. The average Bonchev–Trinajstić information content (AvgIpc) is 3.18. The van der Waals surface area contributed by atoms with Gasteiger partial charge < -0.3 is 9.14 Å². The van der Waals surface area contributed by atoms with Gasteiger partial charge in [0.1, 0.15) is 12.7 Å². The summed E-state index contributed by atoms with van der Waals surface area (Å²) in [6.07, 6.45) is 3.51. The molecule has 2 aromatic carbocycles. The number of nitriles is 1. The first-order valence-electron chi connectivity index (χ1n) is 9.68. The SMILES string of the molecule is N#Cc1c(COC(=O)c2ccc3c(c2Cl)C(=O)c2ccccc2C3=O)cn2ccccc12. The average molecular weight is 441 g/mol. The Balaban J connectivity index is 1.47. The molecule has 0 saturated carbocycles. The Kier molecular flexibility index (Phi) is 4.62. The molecule has 7 heteroatoms. The smallest absolute Gasteiger partial charge is 0.340 e. The van der Waals surface area contributed by atoms with E-state index >= 15 is 0 Å². The van der Waals surface area contributed by atoms with Crippen LogP contribution in [0.5, 0.6) is 0 Å². The highest BCUT2D eigenvalue weighted by Crippen LogP contribution is 2.34. The summed E-state index contributed by atoms with van der Waals surface area (Å²) in [5, 5.41) is 9.38. The monoisotopic (exact) mass is 440 g/mol. The quantitative estimate of drug-likeness (QED) is 0.383. The lowest BCUT2D eigenvalue weighted by molar-refractivity contribution is 0.0472. The van der Waals surface area contributed by atoms with Crippen LogP contribution in [0.15, 0.2) is 67.0 Å². The standard InChI is InChI=1S/C25H13ClN2O4/c26-22-18(9-8-17-21(22)24(30)16-6-2-1-5-15(16)23(17)29)25(31)32-13-14-12-28-10-4-3-7-20(28)19(14)11-27/h1-10,12H,13H2. The molecular formula is C25H13ClN2O4. The molecule has 4 aromatic rings. The number of aromatic nitrogens is 1. The van der Waals surface area contributed by atoms with Crippen molar-refractivity contribution in [1.82, 2.24) is 4.40 Å². The molecule has 2 aromatic heterocycles. The van der Waals surface area contributed by atoms with Crippen LogP contribution in [0, 0.1) is 11.3 Å². The van der Waals surface area contributed by atoms with Crippen molar-refractivity contribution in [2.24, 2.45) is 0 Å². The second kappa shape index (κ2) is 7.49. The highest BCUT2D eigenvalue weighted by atomic mass is 35.5. The van der Waals surface area contributed by atoms with Gasteiger partial charge in [-0.2, -0.15) is 5.26 Å². The summed E-state index contributed by atoms with van der Waals surface area (Å²) >= 11 is 6.42. The summed E-state index contributed by atoms with van der Waals surface area (Å²) in [5.41, 5.74) is 2.34. The van der Waals surface area contributed by atoms with Gasteiger partial charge in [0.25, 0.3) is 0 Å². The van der Waals surface area contributed by atoms with Gasteiger partial charge in [0.2, 0.25) is 0 Å². The lowest BCUT2D eigenvalue weighted by atomic mass is 9.83. The molecule has 0 amide bonds. The number of esters is 1. The van der Waals surface area contributed by atoms with Crippen LogP contribution < -0.4 is 0 Å².